The highest BCUT2D eigenvalue weighted by Crippen LogP contribution is 2.65. The summed E-state index contributed by atoms with van der Waals surface area (Å²) in [5.41, 5.74) is 0.999. The number of rotatable bonds is 8. The summed E-state index contributed by atoms with van der Waals surface area (Å²) in [4.78, 5) is 36.2. The fourth-order valence-electron chi connectivity index (χ4n) is 6.80. The number of amidine groups is 1. The number of carbonyl (C=O) groups excluding carboxylic acids is 1. The number of piperidine rings is 1. The lowest BCUT2D eigenvalue weighted by molar-refractivity contribution is -0.222. The van der Waals surface area contributed by atoms with Crippen molar-refractivity contribution in [3.8, 4) is 0 Å². The average molecular weight is 559 g/mol. The lowest BCUT2D eigenvalue weighted by atomic mass is 9.46. The largest absolute Gasteiger partial charge is 0.481 e. The number of aliphatic carboxylic acids is 1. The SMILES string of the molecule is CCOC(=O)C1=C(CN2C3COCC34C(CC(=O)O)CC24)NC(c2nccs2)=N[C@H]1c1ccc(F)c(F)c1C. The van der Waals surface area contributed by atoms with Gasteiger partial charge in [0.1, 0.15) is 6.04 Å². The van der Waals surface area contributed by atoms with E-state index in [1.54, 1.807) is 18.5 Å². The summed E-state index contributed by atoms with van der Waals surface area (Å²) < 4.78 is 40.0. The van der Waals surface area contributed by atoms with E-state index in [0.717, 1.165) is 12.5 Å². The Balaban J connectivity index is 1.41. The summed E-state index contributed by atoms with van der Waals surface area (Å²) in [6.07, 6.45) is 2.48. The highest BCUT2D eigenvalue weighted by Gasteiger charge is 2.73. The van der Waals surface area contributed by atoms with Crippen LogP contribution >= 0.6 is 11.3 Å². The lowest BCUT2D eigenvalue weighted by Crippen LogP contribution is -2.80. The number of carboxylic acids is 1. The molecular weight excluding hydrogens is 530 g/mol. The molecule has 0 amide bonds. The molecule has 5 atom stereocenters. The molecule has 9 nitrogen and oxygen atoms in total. The van der Waals surface area contributed by atoms with E-state index in [0.29, 0.717) is 41.9 Å². The molecule has 0 radical (unpaired) electrons. The third-order valence-corrected chi connectivity index (χ3v) is 9.41. The molecule has 39 heavy (non-hydrogen) atoms. The van der Waals surface area contributed by atoms with Gasteiger partial charge in [0, 0.05) is 47.7 Å². The maximum Gasteiger partial charge on any atom is 0.338 e. The molecule has 3 fully saturated rings. The third-order valence-electron chi connectivity index (χ3n) is 8.63. The Labute approximate surface area is 227 Å². The van der Waals surface area contributed by atoms with E-state index >= 15 is 0 Å². The molecule has 2 aromatic rings. The number of carboxylic acid groups (broad SMARTS) is 1. The van der Waals surface area contributed by atoms with Gasteiger partial charge in [0.05, 0.1) is 25.4 Å². The summed E-state index contributed by atoms with van der Waals surface area (Å²) in [6, 6.07) is 1.69. The van der Waals surface area contributed by atoms with E-state index in [1.807, 2.05) is 0 Å². The van der Waals surface area contributed by atoms with E-state index in [1.165, 1.54) is 24.3 Å². The van der Waals surface area contributed by atoms with Crippen LogP contribution in [0.2, 0.25) is 0 Å². The zero-order valence-corrected chi connectivity index (χ0v) is 22.3. The van der Waals surface area contributed by atoms with Crippen LogP contribution in [0.3, 0.4) is 0 Å². The van der Waals surface area contributed by atoms with Gasteiger partial charge in [0.2, 0.25) is 0 Å². The maximum absolute atomic E-state index is 14.7. The number of likely N-dealkylation sites (tertiary alicyclic amines) is 1. The predicted octanol–water partition coefficient (Wildman–Crippen LogP) is 3.20. The molecule has 4 aliphatic rings. The van der Waals surface area contributed by atoms with Crippen LogP contribution in [0.5, 0.6) is 0 Å². The van der Waals surface area contributed by atoms with Crippen molar-refractivity contribution in [2.75, 3.05) is 26.4 Å². The van der Waals surface area contributed by atoms with Crippen molar-refractivity contribution in [2.24, 2.45) is 16.3 Å². The van der Waals surface area contributed by atoms with Crippen LogP contribution in [0.4, 0.5) is 8.78 Å². The molecule has 1 saturated carbocycles. The number of hydrogen-bond acceptors (Lipinski definition) is 9. The number of esters is 1. The molecule has 1 aliphatic carbocycles. The quantitative estimate of drug-likeness (QED) is 0.475. The van der Waals surface area contributed by atoms with Gasteiger partial charge in [-0.05, 0) is 43.4 Å². The van der Waals surface area contributed by atoms with Gasteiger partial charge in [-0.2, -0.15) is 0 Å². The molecule has 2 saturated heterocycles. The fourth-order valence-corrected chi connectivity index (χ4v) is 7.39. The number of benzene rings is 1. The van der Waals surface area contributed by atoms with Gasteiger partial charge in [0.25, 0.3) is 0 Å². The second-order valence-electron chi connectivity index (χ2n) is 10.4. The number of halogens is 2. The normalized spacial score (nSPS) is 29.5. The van der Waals surface area contributed by atoms with E-state index in [9.17, 15) is 23.5 Å². The third kappa shape index (κ3) is 3.99. The minimum Gasteiger partial charge on any atom is -0.481 e. The van der Waals surface area contributed by atoms with Gasteiger partial charge in [-0.25, -0.2) is 18.6 Å². The van der Waals surface area contributed by atoms with Gasteiger partial charge >= 0.3 is 11.9 Å². The molecule has 1 aromatic heterocycles. The first-order chi connectivity index (χ1) is 18.8. The van der Waals surface area contributed by atoms with Crippen molar-refractivity contribution in [1.29, 1.82) is 0 Å². The summed E-state index contributed by atoms with van der Waals surface area (Å²) in [5.74, 6) is -2.90. The molecular formula is C27H28F2N4O5S. The number of hydrogen-bond donors (Lipinski definition) is 2. The number of nitrogens with one attached hydrogen (secondary N) is 1. The van der Waals surface area contributed by atoms with Crippen LogP contribution in [-0.2, 0) is 19.1 Å². The van der Waals surface area contributed by atoms with Gasteiger partial charge in [-0.1, -0.05) is 6.07 Å². The summed E-state index contributed by atoms with van der Waals surface area (Å²) >= 11 is 1.36. The summed E-state index contributed by atoms with van der Waals surface area (Å²) in [5, 5.41) is 15.1. The minimum absolute atomic E-state index is 0.0176. The predicted molar refractivity (Wildman–Crippen MR) is 137 cm³/mol. The van der Waals surface area contributed by atoms with Crippen LogP contribution in [0.25, 0.3) is 0 Å². The lowest BCUT2D eigenvalue weighted by Gasteiger charge is -2.71. The van der Waals surface area contributed by atoms with Crippen LogP contribution in [0, 0.1) is 29.9 Å². The average Bonchev–Trinajstić information content (AvgIpc) is 3.59. The molecule has 1 aromatic carbocycles. The van der Waals surface area contributed by atoms with Crippen molar-refractivity contribution in [2.45, 2.75) is 44.8 Å². The Morgan fingerprint density at radius 2 is 2.15 bits per heavy atom. The van der Waals surface area contributed by atoms with Crippen molar-refractivity contribution in [3.63, 3.8) is 0 Å². The van der Waals surface area contributed by atoms with Crippen LogP contribution in [0.15, 0.2) is 40.0 Å². The number of thiazole rings is 1. The van der Waals surface area contributed by atoms with Crippen LogP contribution < -0.4 is 5.32 Å². The van der Waals surface area contributed by atoms with Crippen LogP contribution in [0.1, 0.15) is 41.9 Å². The molecule has 12 heteroatoms. The molecule has 4 heterocycles. The van der Waals surface area contributed by atoms with Crippen molar-refractivity contribution < 1.29 is 33.0 Å². The number of carbonyl (C=O) groups is 2. The number of ether oxygens (including phenoxy) is 2. The summed E-state index contributed by atoms with van der Waals surface area (Å²) in [7, 11) is 0. The van der Waals surface area contributed by atoms with Gasteiger partial charge in [-0.3, -0.25) is 14.7 Å². The van der Waals surface area contributed by atoms with E-state index in [-0.39, 0.29) is 47.6 Å². The maximum atomic E-state index is 14.7. The first-order valence-corrected chi connectivity index (χ1v) is 13.8. The van der Waals surface area contributed by atoms with E-state index in [4.69, 9.17) is 14.5 Å². The minimum atomic E-state index is -0.989. The Bertz CT molecular complexity index is 1400. The monoisotopic (exact) mass is 558 g/mol. The highest BCUT2D eigenvalue weighted by molar-refractivity contribution is 7.11. The van der Waals surface area contributed by atoms with Crippen molar-refractivity contribution in [1.82, 2.24) is 15.2 Å². The zero-order chi connectivity index (χ0) is 27.5. The van der Waals surface area contributed by atoms with Crippen molar-refractivity contribution in [3.05, 3.63) is 62.7 Å². The highest BCUT2D eigenvalue weighted by atomic mass is 32.1. The number of nitrogens with zero attached hydrogens (tertiary/aromatic N) is 3. The zero-order valence-electron chi connectivity index (χ0n) is 21.4. The Morgan fingerprint density at radius 3 is 2.87 bits per heavy atom. The van der Waals surface area contributed by atoms with E-state index in [2.05, 4.69) is 15.2 Å². The smallest absolute Gasteiger partial charge is 0.338 e. The molecule has 0 bridgehead atoms. The fraction of sp³-hybridized carbons (Fsp3) is 0.481. The van der Waals surface area contributed by atoms with Gasteiger partial charge in [-0.15, -0.1) is 11.3 Å². The van der Waals surface area contributed by atoms with Crippen molar-refractivity contribution >= 4 is 29.1 Å². The Hall–Kier alpha value is -3.22. The molecule has 6 rings (SSSR count). The standard InChI is InChI=1S/C27H28F2N4O5S/c1-3-38-26(36)21-17(10-33-18-8-14(9-20(34)35)27(18)12-37-11-19(27)33)31-24(25-30-6-7-39-25)32-23(21)15-4-5-16(28)22(29)13(15)2/h4-7,14,18-19,23H,3,8-12H2,1-2H3,(H,31,32)(H,34,35)/t14?,18?,19?,23-,27?/m0/s1. The van der Waals surface area contributed by atoms with E-state index < -0.39 is 29.6 Å². The van der Waals surface area contributed by atoms with Gasteiger partial charge < -0.3 is 19.9 Å². The second kappa shape index (κ2) is 9.76. The molecule has 1 spiro atoms. The molecule has 4 unspecified atom stereocenters. The number of aromatic nitrogens is 1. The topological polar surface area (TPSA) is 113 Å². The Kier molecular flexibility index (Phi) is 6.51. The number of aliphatic imine (C=N–C) groups is 1. The Morgan fingerprint density at radius 1 is 1.33 bits per heavy atom. The molecule has 2 N–H and O–H groups in total. The first-order valence-electron chi connectivity index (χ1n) is 12.9. The molecule has 206 valence electrons. The van der Waals surface area contributed by atoms with Gasteiger partial charge in [0.15, 0.2) is 22.5 Å². The second-order valence-corrected chi connectivity index (χ2v) is 11.3. The molecule has 3 aliphatic heterocycles. The van der Waals surface area contributed by atoms with Crippen LogP contribution in [-0.4, -0.2) is 71.2 Å². The summed E-state index contributed by atoms with van der Waals surface area (Å²) in [6.45, 7) is 4.63. The first kappa shape index (κ1) is 26.0.